The van der Waals surface area contributed by atoms with Crippen LogP contribution in [0, 0.1) is 5.92 Å². The molecule has 4 aliphatic rings. The monoisotopic (exact) mass is 807 g/mol. The Labute approximate surface area is 332 Å². The van der Waals surface area contributed by atoms with Gasteiger partial charge < -0.3 is 9.47 Å². The lowest BCUT2D eigenvalue weighted by molar-refractivity contribution is 0.108. The highest BCUT2D eigenvalue weighted by atomic mass is 32.2. The van der Waals surface area contributed by atoms with E-state index in [9.17, 15) is 16.8 Å². The molecule has 56 heavy (non-hydrogen) atoms. The molecule has 0 bridgehead atoms. The number of sulfonamides is 2. The van der Waals surface area contributed by atoms with Crippen molar-refractivity contribution in [1.29, 1.82) is 0 Å². The summed E-state index contributed by atoms with van der Waals surface area (Å²) in [6, 6.07) is 19.6. The summed E-state index contributed by atoms with van der Waals surface area (Å²) in [6.07, 6.45) is 11.2. The van der Waals surface area contributed by atoms with E-state index in [1.54, 1.807) is 20.3 Å². The average molecular weight is 808 g/mol. The van der Waals surface area contributed by atoms with Crippen LogP contribution >= 0.6 is 0 Å². The van der Waals surface area contributed by atoms with Crippen molar-refractivity contribution >= 4 is 20.0 Å². The fourth-order valence-corrected chi connectivity index (χ4v) is 9.80. The first-order valence-corrected chi connectivity index (χ1v) is 23.1. The molecule has 3 aliphatic carbocycles. The second-order valence-electron chi connectivity index (χ2n) is 15.7. The minimum Gasteiger partial charge on any atom is -0.497 e. The van der Waals surface area contributed by atoms with Gasteiger partial charge in [0.2, 0.25) is 0 Å². The molecule has 4 fully saturated rings. The lowest BCUT2D eigenvalue weighted by Gasteiger charge is -2.38. The molecular weight excluding hydrogens is 751 g/mol. The van der Waals surface area contributed by atoms with Crippen molar-refractivity contribution in [2.75, 3.05) is 27.3 Å². The number of rotatable bonds is 17. The maximum absolute atomic E-state index is 14.2. The Hall–Kier alpha value is -3.76. The molecule has 2 unspecified atom stereocenters. The van der Waals surface area contributed by atoms with E-state index in [4.69, 9.17) is 19.7 Å². The van der Waals surface area contributed by atoms with E-state index < -0.39 is 20.0 Å². The topological polar surface area (TPSA) is 155 Å². The van der Waals surface area contributed by atoms with Crippen molar-refractivity contribution in [1.82, 2.24) is 28.8 Å². The Morgan fingerprint density at radius 3 is 1.61 bits per heavy atom. The standard InChI is InChI=1S/C29H37N3O4S.C12H20N4O2S/c1-4-27(23-6-5-7-23)28-18-29(30-32(28)24-12-13-24)37(33,34)31(19-21-8-14-25(35-2)15-9-21)20-22-10-16-26(36-3)17-11-22;1-2-10(15-6-3-7-15)11-8-12(19(13,17)18)14-16(11)9-4-5-9/h8-11,14-18,23-24,27H,4-7,12-13,19-20H2,1-3H3;8-10H,2-7H2,1H3,(H2,13,17,18). The maximum Gasteiger partial charge on any atom is 0.262 e. The van der Waals surface area contributed by atoms with Gasteiger partial charge in [-0.15, -0.1) is 0 Å². The molecule has 2 N–H and O–H groups in total. The van der Waals surface area contributed by atoms with Crippen molar-refractivity contribution < 1.29 is 26.3 Å². The highest BCUT2D eigenvalue weighted by Gasteiger charge is 2.38. The third-order valence-corrected chi connectivity index (χ3v) is 14.2. The molecule has 2 atom stereocenters. The molecule has 3 heterocycles. The zero-order valence-electron chi connectivity index (χ0n) is 33.1. The number of primary sulfonamides is 1. The second-order valence-corrected chi connectivity index (χ2v) is 19.1. The van der Waals surface area contributed by atoms with Crippen LogP contribution in [0.5, 0.6) is 11.5 Å². The molecule has 3 saturated carbocycles. The first-order chi connectivity index (χ1) is 26.9. The molecule has 0 amide bonds. The molecule has 8 rings (SSSR count). The molecule has 4 aromatic rings. The second kappa shape index (κ2) is 17.0. The van der Waals surface area contributed by atoms with Gasteiger partial charge in [0.15, 0.2) is 10.1 Å². The van der Waals surface area contributed by atoms with Crippen LogP contribution in [0.1, 0.15) is 125 Å². The molecule has 1 saturated heterocycles. The molecule has 0 radical (unpaired) electrons. The zero-order chi connectivity index (χ0) is 39.6. The number of benzene rings is 2. The van der Waals surface area contributed by atoms with Crippen molar-refractivity contribution in [3.05, 3.63) is 83.2 Å². The van der Waals surface area contributed by atoms with Gasteiger partial charge in [0.05, 0.1) is 38.0 Å². The highest BCUT2D eigenvalue weighted by Crippen LogP contribution is 2.45. The summed E-state index contributed by atoms with van der Waals surface area (Å²) < 4.78 is 67.3. The predicted molar refractivity (Wildman–Crippen MR) is 214 cm³/mol. The molecule has 13 nitrogen and oxygen atoms in total. The lowest BCUT2D eigenvalue weighted by Crippen LogP contribution is -2.40. The summed E-state index contributed by atoms with van der Waals surface area (Å²) in [5.41, 5.74) is 3.89. The molecule has 2 aromatic heterocycles. The molecular formula is C41H57N7O6S2. The SMILES string of the molecule is CCC(c1cc(S(=O)(=O)N(Cc2ccc(OC)cc2)Cc2ccc(OC)cc2)nn1C1CC1)C1CCC1.CCC(c1cc(S(N)(=O)=O)nn1C1CC1)N1CCC1. The fourth-order valence-electron chi connectivity index (χ4n) is 7.95. The van der Waals surface area contributed by atoms with Crippen LogP contribution in [0.2, 0.25) is 0 Å². The quantitative estimate of drug-likeness (QED) is 0.119. The van der Waals surface area contributed by atoms with Gasteiger partial charge in [-0.05, 0) is 99.1 Å². The van der Waals surface area contributed by atoms with Crippen molar-refractivity contribution in [2.24, 2.45) is 11.1 Å². The Kier molecular flexibility index (Phi) is 12.3. The molecule has 304 valence electrons. The van der Waals surface area contributed by atoms with Gasteiger partial charge in [0.25, 0.3) is 20.0 Å². The number of hydrogen-bond acceptors (Lipinski definition) is 9. The molecule has 1 aliphatic heterocycles. The average Bonchev–Trinajstić information content (AvgIpc) is 4.09. The zero-order valence-corrected chi connectivity index (χ0v) is 34.7. The Morgan fingerprint density at radius 1 is 0.714 bits per heavy atom. The van der Waals surface area contributed by atoms with E-state index in [1.807, 2.05) is 64.0 Å². The summed E-state index contributed by atoms with van der Waals surface area (Å²) in [6.45, 7) is 6.98. The Balaban J connectivity index is 0.000000211. The van der Waals surface area contributed by atoms with Gasteiger partial charge in [-0.3, -0.25) is 14.3 Å². The molecule has 0 spiro atoms. The summed E-state index contributed by atoms with van der Waals surface area (Å²) in [5, 5.41) is 14.4. The number of aromatic nitrogens is 4. The van der Waals surface area contributed by atoms with Gasteiger partial charge in [-0.1, -0.05) is 44.5 Å². The van der Waals surface area contributed by atoms with E-state index in [0.29, 0.717) is 23.9 Å². The van der Waals surface area contributed by atoms with Crippen LogP contribution in [0.25, 0.3) is 0 Å². The summed E-state index contributed by atoms with van der Waals surface area (Å²) in [4.78, 5) is 2.38. The largest absolute Gasteiger partial charge is 0.497 e. The minimum absolute atomic E-state index is 0.00775. The van der Waals surface area contributed by atoms with E-state index in [-0.39, 0.29) is 29.2 Å². The molecule has 2 aromatic carbocycles. The first-order valence-electron chi connectivity index (χ1n) is 20.1. The lowest BCUT2D eigenvalue weighted by atomic mass is 9.73. The van der Waals surface area contributed by atoms with Crippen LogP contribution in [-0.4, -0.2) is 72.9 Å². The van der Waals surface area contributed by atoms with Crippen LogP contribution < -0.4 is 14.6 Å². The fraction of sp³-hybridized carbons (Fsp3) is 0.561. The summed E-state index contributed by atoms with van der Waals surface area (Å²) >= 11 is 0. The third kappa shape index (κ3) is 9.02. The number of methoxy groups -OCH3 is 2. The number of ether oxygens (including phenoxy) is 2. The minimum atomic E-state index is -3.85. The van der Waals surface area contributed by atoms with Gasteiger partial charge in [-0.2, -0.15) is 14.5 Å². The van der Waals surface area contributed by atoms with E-state index in [0.717, 1.165) is 85.6 Å². The number of nitrogens with two attached hydrogens (primary N) is 1. The first kappa shape index (κ1) is 40.4. The smallest absolute Gasteiger partial charge is 0.262 e. The van der Waals surface area contributed by atoms with E-state index in [2.05, 4.69) is 23.8 Å². The number of nitrogens with zero attached hydrogens (tertiary/aromatic N) is 6. The van der Waals surface area contributed by atoms with Crippen molar-refractivity contribution in [3.63, 3.8) is 0 Å². The van der Waals surface area contributed by atoms with Gasteiger partial charge in [-0.25, -0.2) is 22.0 Å². The van der Waals surface area contributed by atoms with E-state index >= 15 is 0 Å². The van der Waals surface area contributed by atoms with Crippen molar-refractivity contribution in [3.8, 4) is 11.5 Å². The van der Waals surface area contributed by atoms with Crippen LogP contribution in [0.4, 0.5) is 0 Å². The van der Waals surface area contributed by atoms with Gasteiger partial charge in [0, 0.05) is 49.9 Å². The normalized spacial score (nSPS) is 18.8. The Bertz CT molecular complexity index is 2100. The molecule has 15 heteroatoms. The van der Waals surface area contributed by atoms with Crippen LogP contribution in [0.15, 0.2) is 70.7 Å². The van der Waals surface area contributed by atoms with E-state index in [1.165, 1.54) is 30.0 Å². The van der Waals surface area contributed by atoms with Crippen LogP contribution in [0.3, 0.4) is 0 Å². The number of likely N-dealkylation sites (tertiary alicyclic amines) is 1. The van der Waals surface area contributed by atoms with Gasteiger partial charge >= 0.3 is 0 Å². The Morgan fingerprint density at radius 2 is 1.21 bits per heavy atom. The summed E-state index contributed by atoms with van der Waals surface area (Å²) in [5.74, 6) is 2.47. The van der Waals surface area contributed by atoms with Crippen LogP contribution in [-0.2, 0) is 33.1 Å². The maximum atomic E-state index is 14.2. The third-order valence-electron chi connectivity index (χ3n) is 11.8. The highest BCUT2D eigenvalue weighted by molar-refractivity contribution is 7.89. The van der Waals surface area contributed by atoms with Crippen molar-refractivity contribution in [2.45, 2.75) is 125 Å². The number of hydrogen-bond donors (Lipinski definition) is 1. The summed E-state index contributed by atoms with van der Waals surface area (Å²) in [7, 11) is -4.33. The predicted octanol–water partition coefficient (Wildman–Crippen LogP) is 6.94. The van der Waals surface area contributed by atoms with Gasteiger partial charge in [0.1, 0.15) is 11.5 Å².